The third kappa shape index (κ3) is 2.75. The maximum atomic E-state index is 2.24. The Hall–Kier alpha value is -1.91. The Bertz CT molecular complexity index is 524. The first-order valence-corrected chi connectivity index (χ1v) is 7.98. The number of rotatable bonds is 3. The molecule has 0 amide bonds. The summed E-state index contributed by atoms with van der Waals surface area (Å²) in [5.74, 6) is 0. The minimum Gasteiger partial charge on any atom is -0.0622 e. The fourth-order valence-corrected chi connectivity index (χ4v) is 4.89. The average molecular weight is 263 g/mol. The van der Waals surface area contributed by atoms with E-state index in [0.29, 0.717) is 0 Å². The van der Waals surface area contributed by atoms with Gasteiger partial charge in [0.25, 0.3) is 0 Å². The minimum absolute atomic E-state index is 0.877. The minimum atomic E-state index is -0.877. The Morgan fingerprint density at radius 2 is 0.632 bits per heavy atom. The van der Waals surface area contributed by atoms with Crippen LogP contribution in [-0.2, 0) is 0 Å². The third-order valence-corrected chi connectivity index (χ3v) is 5.92. The first-order valence-electron chi connectivity index (χ1n) is 6.48. The summed E-state index contributed by atoms with van der Waals surface area (Å²) in [7, 11) is -0.877. The van der Waals surface area contributed by atoms with Crippen molar-refractivity contribution >= 4 is 23.8 Å². The topological polar surface area (TPSA) is 0 Å². The molecule has 0 bridgehead atoms. The van der Waals surface area contributed by atoms with Gasteiger partial charge in [0.2, 0.25) is 0 Å². The molecule has 0 aliphatic carbocycles. The molecule has 93 valence electrons. The fourth-order valence-electron chi connectivity index (χ4n) is 2.31. The maximum absolute atomic E-state index is 2.24. The van der Waals surface area contributed by atoms with E-state index in [2.05, 4.69) is 91.0 Å². The highest BCUT2D eigenvalue weighted by molar-refractivity contribution is 7.79. The number of hydrogen-bond donors (Lipinski definition) is 0. The second-order valence-corrected chi connectivity index (χ2v) is 6.96. The van der Waals surface area contributed by atoms with Crippen LogP contribution in [0, 0.1) is 0 Å². The van der Waals surface area contributed by atoms with Crippen LogP contribution in [0.4, 0.5) is 0 Å². The molecule has 1 radical (unpaired) electrons. The van der Waals surface area contributed by atoms with E-state index in [-0.39, 0.29) is 0 Å². The lowest BCUT2D eigenvalue weighted by molar-refractivity contribution is 1.74. The van der Waals surface area contributed by atoms with Crippen molar-refractivity contribution in [2.45, 2.75) is 0 Å². The summed E-state index contributed by atoms with van der Waals surface area (Å²) in [6.07, 6.45) is 0. The van der Waals surface area contributed by atoms with Gasteiger partial charge in [0, 0.05) is 0 Å². The van der Waals surface area contributed by atoms with Gasteiger partial charge in [-0.25, -0.2) is 0 Å². The molecule has 0 nitrogen and oxygen atoms in total. The van der Waals surface area contributed by atoms with Crippen LogP contribution in [-0.4, -0.2) is 0 Å². The van der Waals surface area contributed by atoms with E-state index >= 15 is 0 Å². The summed E-state index contributed by atoms with van der Waals surface area (Å²) in [6, 6.07) is 32.5. The molecule has 3 rings (SSSR count). The van der Waals surface area contributed by atoms with Crippen molar-refractivity contribution < 1.29 is 0 Å². The molecule has 0 atom stereocenters. The number of benzene rings is 3. The normalized spacial score (nSPS) is 10.6. The van der Waals surface area contributed by atoms with E-state index in [1.54, 1.807) is 0 Å². The third-order valence-electron chi connectivity index (χ3n) is 3.19. The summed E-state index contributed by atoms with van der Waals surface area (Å²) in [5, 5.41) is 4.31. The van der Waals surface area contributed by atoms with Crippen LogP contribution >= 0.6 is 7.92 Å². The lowest BCUT2D eigenvalue weighted by atomic mass is 10.4. The average Bonchev–Trinajstić information content (AvgIpc) is 2.51. The van der Waals surface area contributed by atoms with Crippen molar-refractivity contribution in [3.8, 4) is 0 Å². The molecular formula is C18H16P. The molecule has 0 aliphatic heterocycles. The fraction of sp³-hybridized carbons (Fsp3) is 0. The van der Waals surface area contributed by atoms with Crippen molar-refractivity contribution in [3.63, 3.8) is 0 Å². The lowest BCUT2D eigenvalue weighted by Gasteiger charge is -2.20. The molecule has 0 spiro atoms. The maximum Gasteiger partial charge on any atom is -0.0225 e. The first-order chi connectivity index (χ1) is 9.45. The molecule has 19 heavy (non-hydrogen) atoms. The van der Waals surface area contributed by atoms with Crippen molar-refractivity contribution in [1.82, 2.24) is 0 Å². The van der Waals surface area contributed by atoms with E-state index in [1.165, 1.54) is 15.9 Å². The molecule has 3 aromatic rings. The lowest BCUT2D eigenvalue weighted by Crippen LogP contribution is -2.20. The molecule has 0 aliphatic rings. The van der Waals surface area contributed by atoms with E-state index in [4.69, 9.17) is 0 Å². The molecule has 0 fully saturated rings. The van der Waals surface area contributed by atoms with Gasteiger partial charge in [-0.1, -0.05) is 98.9 Å². The van der Waals surface area contributed by atoms with E-state index in [1.807, 2.05) is 0 Å². The summed E-state index contributed by atoms with van der Waals surface area (Å²) in [6.45, 7) is 0. The zero-order chi connectivity index (χ0) is 12.9. The molecule has 0 saturated heterocycles. The highest BCUT2D eigenvalue weighted by atomic mass is 31.1. The Morgan fingerprint density at radius 1 is 0.368 bits per heavy atom. The van der Waals surface area contributed by atoms with Gasteiger partial charge >= 0.3 is 0 Å². The van der Waals surface area contributed by atoms with Crippen LogP contribution < -0.4 is 15.9 Å². The zero-order valence-electron chi connectivity index (χ0n) is 10.7. The Kier molecular flexibility index (Phi) is 3.72. The molecule has 0 heterocycles. The van der Waals surface area contributed by atoms with Crippen molar-refractivity contribution in [2.24, 2.45) is 0 Å². The molecule has 3 aromatic carbocycles. The van der Waals surface area contributed by atoms with Crippen LogP contribution in [0.1, 0.15) is 0 Å². The van der Waals surface area contributed by atoms with Gasteiger partial charge in [-0.05, 0) is 15.9 Å². The molecule has 1 heteroatoms. The standard InChI is InChI=1S/C18H16P/c1-4-10-16(11-5-1)19(17-12-6-2-7-13-17)18-14-8-3-9-15-18/h1-15,19H. The highest BCUT2D eigenvalue weighted by Gasteiger charge is 2.13. The Balaban J connectivity index is 2.12. The smallest absolute Gasteiger partial charge is 0.0225 e. The van der Waals surface area contributed by atoms with Crippen LogP contribution in [0.5, 0.6) is 0 Å². The summed E-state index contributed by atoms with van der Waals surface area (Å²) in [4.78, 5) is 0. The van der Waals surface area contributed by atoms with E-state index in [9.17, 15) is 0 Å². The van der Waals surface area contributed by atoms with Gasteiger partial charge in [0.05, 0.1) is 0 Å². The van der Waals surface area contributed by atoms with Gasteiger partial charge in [-0.2, -0.15) is 0 Å². The van der Waals surface area contributed by atoms with Crippen LogP contribution in [0.15, 0.2) is 91.0 Å². The van der Waals surface area contributed by atoms with Crippen LogP contribution in [0.2, 0.25) is 0 Å². The summed E-state index contributed by atoms with van der Waals surface area (Å²) >= 11 is 0. The van der Waals surface area contributed by atoms with Gasteiger partial charge in [0.15, 0.2) is 0 Å². The van der Waals surface area contributed by atoms with E-state index < -0.39 is 7.92 Å². The Morgan fingerprint density at radius 3 is 0.895 bits per heavy atom. The van der Waals surface area contributed by atoms with Crippen LogP contribution in [0.3, 0.4) is 0 Å². The van der Waals surface area contributed by atoms with E-state index in [0.717, 1.165) is 0 Å². The molecule has 0 unspecified atom stereocenters. The molecular weight excluding hydrogens is 247 g/mol. The zero-order valence-corrected chi connectivity index (χ0v) is 11.7. The summed E-state index contributed by atoms with van der Waals surface area (Å²) < 4.78 is 0. The van der Waals surface area contributed by atoms with Crippen LogP contribution in [0.25, 0.3) is 0 Å². The SMILES string of the molecule is c1ccc([PH](c2ccccc2)c2ccccc2)cc1. The second-order valence-electron chi connectivity index (χ2n) is 4.47. The van der Waals surface area contributed by atoms with Gasteiger partial charge < -0.3 is 0 Å². The Labute approximate surface area is 115 Å². The summed E-state index contributed by atoms with van der Waals surface area (Å²) in [5.41, 5.74) is 0. The largest absolute Gasteiger partial charge is 0.0622 e. The molecule has 0 saturated carbocycles. The molecule has 0 N–H and O–H groups in total. The highest BCUT2D eigenvalue weighted by Crippen LogP contribution is 2.32. The molecule has 0 aromatic heterocycles. The predicted octanol–water partition coefficient (Wildman–Crippen LogP) is 3.18. The first kappa shape index (κ1) is 12.1. The number of hydrogen-bond acceptors (Lipinski definition) is 0. The predicted molar refractivity (Wildman–Crippen MR) is 86.5 cm³/mol. The van der Waals surface area contributed by atoms with Crippen molar-refractivity contribution in [3.05, 3.63) is 91.0 Å². The monoisotopic (exact) mass is 263 g/mol. The van der Waals surface area contributed by atoms with Gasteiger partial charge in [-0.15, -0.1) is 0 Å². The second kappa shape index (κ2) is 5.82. The van der Waals surface area contributed by atoms with Gasteiger partial charge in [0.1, 0.15) is 0 Å². The quantitative estimate of drug-likeness (QED) is 0.637. The van der Waals surface area contributed by atoms with Crippen molar-refractivity contribution in [2.75, 3.05) is 0 Å². The van der Waals surface area contributed by atoms with Crippen molar-refractivity contribution in [1.29, 1.82) is 0 Å². The van der Waals surface area contributed by atoms with Gasteiger partial charge in [-0.3, -0.25) is 0 Å².